The maximum absolute atomic E-state index is 12.8. The first-order valence-corrected chi connectivity index (χ1v) is 11.8. The number of nitrogen functional groups attached to an aromatic ring is 2. The van der Waals surface area contributed by atoms with Crippen molar-refractivity contribution in [2.75, 3.05) is 51.7 Å². The van der Waals surface area contributed by atoms with Gasteiger partial charge in [-0.3, -0.25) is 4.79 Å². The maximum Gasteiger partial charge on any atom is 0.255 e. The van der Waals surface area contributed by atoms with Gasteiger partial charge in [0.15, 0.2) is 11.3 Å². The fourth-order valence-electron chi connectivity index (χ4n) is 4.17. The highest BCUT2D eigenvalue weighted by molar-refractivity contribution is 6.31. The SMILES string of the molecule is COc1cc(Cc2cnc(N)nc2N)c2cc(CN(C)c3cc(Cl)ccc3C(=O)N(C)C)oc2c1OC. The van der Waals surface area contributed by atoms with Crippen LogP contribution in [0.5, 0.6) is 11.5 Å². The molecular formula is C26H29ClN6O4. The van der Waals surface area contributed by atoms with Crippen molar-refractivity contribution in [2.45, 2.75) is 13.0 Å². The number of hydrogen-bond acceptors (Lipinski definition) is 9. The minimum absolute atomic E-state index is 0.112. The molecule has 0 bridgehead atoms. The van der Waals surface area contributed by atoms with E-state index in [1.54, 1.807) is 52.7 Å². The van der Waals surface area contributed by atoms with Gasteiger partial charge in [0.1, 0.15) is 11.6 Å². The summed E-state index contributed by atoms with van der Waals surface area (Å²) in [7, 11) is 8.41. The van der Waals surface area contributed by atoms with Crippen molar-refractivity contribution in [3.05, 3.63) is 64.0 Å². The standard InChI is InChI=1S/C26H29ClN6O4/c1-32(2)25(34)18-7-6-16(27)10-20(18)33(3)13-17-11-19-14(8-15-12-30-26(29)31-24(15)28)9-21(35-4)23(36-5)22(19)37-17/h6-7,9-12H,8,13H2,1-5H3,(H4,28,29,30,31). The number of furan rings is 1. The van der Waals surface area contributed by atoms with Gasteiger partial charge in [0.2, 0.25) is 11.7 Å². The number of nitrogens with zero attached hydrogens (tertiary/aromatic N) is 4. The van der Waals surface area contributed by atoms with Gasteiger partial charge in [-0.05, 0) is 35.9 Å². The van der Waals surface area contributed by atoms with E-state index in [2.05, 4.69) is 9.97 Å². The van der Waals surface area contributed by atoms with E-state index >= 15 is 0 Å². The van der Waals surface area contributed by atoms with E-state index < -0.39 is 0 Å². The highest BCUT2D eigenvalue weighted by Gasteiger charge is 2.22. The Hall–Kier alpha value is -4.18. The lowest BCUT2D eigenvalue weighted by atomic mass is 10.0. The number of carbonyl (C=O) groups is 1. The van der Waals surface area contributed by atoms with Crippen molar-refractivity contribution in [2.24, 2.45) is 0 Å². The fraction of sp³-hybridized carbons (Fsp3) is 0.269. The van der Waals surface area contributed by atoms with Gasteiger partial charge in [0.05, 0.1) is 32.0 Å². The van der Waals surface area contributed by atoms with Crippen LogP contribution in [0.2, 0.25) is 5.02 Å². The molecule has 11 heteroatoms. The molecule has 0 aliphatic rings. The Morgan fingerprint density at radius 1 is 1.08 bits per heavy atom. The minimum Gasteiger partial charge on any atom is -0.493 e. The molecular weight excluding hydrogens is 496 g/mol. The first kappa shape index (κ1) is 25.9. The highest BCUT2D eigenvalue weighted by Crippen LogP contribution is 2.41. The second-order valence-corrected chi connectivity index (χ2v) is 9.20. The number of aromatic nitrogens is 2. The van der Waals surface area contributed by atoms with E-state index in [0.717, 1.165) is 10.9 Å². The molecule has 0 unspecified atom stereocenters. The van der Waals surface area contributed by atoms with Crippen LogP contribution in [0, 0.1) is 0 Å². The molecule has 0 saturated heterocycles. The molecule has 0 radical (unpaired) electrons. The lowest BCUT2D eigenvalue weighted by molar-refractivity contribution is 0.0828. The van der Waals surface area contributed by atoms with Crippen LogP contribution in [-0.2, 0) is 13.0 Å². The number of anilines is 3. The average molecular weight is 525 g/mol. The van der Waals surface area contributed by atoms with Crippen molar-refractivity contribution in [3.8, 4) is 11.5 Å². The summed E-state index contributed by atoms with van der Waals surface area (Å²) in [5, 5.41) is 1.35. The van der Waals surface area contributed by atoms with Crippen molar-refractivity contribution < 1.29 is 18.7 Å². The van der Waals surface area contributed by atoms with Crippen LogP contribution in [0.15, 0.2) is 40.9 Å². The van der Waals surface area contributed by atoms with Crippen LogP contribution >= 0.6 is 11.6 Å². The van der Waals surface area contributed by atoms with Gasteiger partial charge in [-0.2, -0.15) is 4.98 Å². The summed E-state index contributed by atoms with van der Waals surface area (Å²) in [6.45, 7) is 0.362. The predicted octanol–water partition coefficient (Wildman–Crippen LogP) is 3.99. The Morgan fingerprint density at radius 3 is 2.49 bits per heavy atom. The van der Waals surface area contributed by atoms with Crippen LogP contribution < -0.4 is 25.8 Å². The largest absolute Gasteiger partial charge is 0.493 e. The summed E-state index contributed by atoms with van der Waals surface area (Å²) in [4.78, 5) is 24.3. The lowest BCUT2D eigenvalue weighted by Gasteiger charge is -2.22. The Balaban J connectivity index is 1.77. The van der Waals surface area contributed by atoms with Crippen molar-refractivity contribution in [1.82, 2.24) is 14.9 Å². The zero-order valence-corrected chi connectivity index (χ0v) is 22.1. The van der Waals surface area contributed by atoms with Gasteiger partial charge >= 0.3 is 0 Å². The Kier molecular flexibility index (Phi) is 7.30. The van der Waals surface area contributed by atoms with E-state index in [0.29, 0.717) is 63.5 Å². The van der Waals surface area contributed by atoms with E-state index in [9.17, 15) is 4.79 Å². The number of fused-ring (bicyclic) bond motifs is 1. The summed E-state index contributed by atoms with van der Waals surface area (Å²) >= 11 is 6.27. The summed E-state index contributed by atoms with van der Waals surface area (Å²) in [5.41, 5.74) is 15.1. The van der Waals surface area contributed by atoms with Gasteiger partial charge in [-0.25, -0.2) is 4.98 Å². The van der Waals surface area contributed by atoms with Crippen LogP contribution in [-0.4, -0.2) is 56.1 Å². The predicted molar refractivity (Wildman–Crippen MR) is 145 cm³/mol. The Bertz CT molecular complexity index is 1470. The number of halogens is 1. The Morgan fingerprint density at radius 2 is 1.84 bits per heavy atom. The molecule has 2 aromatic heterocycles. The smallest absolute Gasteiger partial charge is 0.255 e. The minimum atomic E-state index is -0.125. The highest BCUT2D eigenvalue weighted by atomic mass is 35.5. The number of amides is 1. The second-order valence-electron chi connectivity index (χ2n) is 8.76. The van der Waals surface area contributed by atoms with Crippen LogP contribution in [0.4, 0.5) is 17.5 Å². The molecule has 4 aromatic rings. The third kappa shape index (κ3) is 5.19. The number of nitrogens with two attached hydrogens (primary N) is 2. The molecule has 4 N–H and O–H groups in total. The molecule has 4 rings (SSSR count). The first-order valence-electron chi connectivity index (χ1n) is 11.4. The van der Waals surface area contributed by atoms with Gasteiger partial charge in [0, 0.05) is 49.7 Å². The van der Waals surface area contributed by atoms with Gasteiger partial charge < -0.3 is 35.2 Å². The molecule has 37 heavy (non-hydrogen) atoms. The number of methoxy groups -OCH3 is 2. The molecule has 194 valence electrons. The van der Waals surface area contributed by atoms with E-state index in [1.807, 2.05) is 24.1 Å². The number of rotatable bonds is 8. The fourth-order valence-corrected chi connectivity index (χ4v) is 4.34. The molecule has 2 aromatic carbocycles. The van der Waals surface area contributed by atoms with E-state index in [-0.39, 0.29) is 11.9 Å². The topological polar surface area (TPSA) is 133 Å². The van der Waals surface area contributed by atoms with Crippen LogP contribution in [0.1, 0.15) is 27.2 Å². The lowest BCUT2D eigenvalue weighted by Crippen LogP contribution is -2.25. The summed E-state index contributed by atoms with van der Waals surface area (Å²) in [5.74, 6) is 1.93. The molecule has 10 nitrogen and oxygen atoms in total. The summed E-state index contributed by atoms with van der Waals surface area (Å²) < 4.78 is 17.5. The third-order valence-electron chi connectivity index (χ3n) is 5.99. The maximum atomic E-state index is 12.8. The number of hydrogen-bond donors (Lipinski definition) is 2. The monoisotopic (exact) mass is 524 g/mol. The molecule has 0 aliphatic heterocycles. The van der Waals surface area contributed by atoms with Crippen LogP contribution in [0.3, 0.4) is 0 Å². The van der Waals surface area contributed by atoms with Gasteiger partial charge in [-0.15, -0.1) is 0 Å². The molecule has 0 atom stereocenters. The molecule has 0 fully saturated rings. The third-order valence-corrected chi connectivity index (χ3v) is 6.22. The molecule has 1 amide bonds. The first-order chi connectivity index (χ1) is 17.6. The second kappa shape index (κ2) is 10.4. The summed E-state index contributed by atoms with van der Waals surface area (Å²) in [6, 6.07) is 9.01. The molecule has 0 saturated carbocycles. The van der Waals surface area contributed by atoms with Crippen molar-refractivity contribution >= 4 is 45.9 Å². The van der Waals surface area contributed by atoms with E-state index in [4.69, 9.17) is 37.0 Å². The molecule has 2 heterocycles. The molecule has 0 aliphatic carbocycles. The average Bonchev–Trinajstić information content (AvgIpc) is 3.28. The normalized spacial score (nSPS) is 11.0. The number of carbonyl (C=O) groups excluding carboxylic acids is 1. The van der Waals surface area contributed by atoms with Crippen molar-refractivity contribution in [1.29, 1.82) is 0 Å². The molecule has 0 spiro atoms. The van der Waals surface area contributed by atoms with Gasteiger partial charge in [-0.1, -0.05) is 11.6 Å². The van der Waals surface area contributed by atoms with E-state index in [1.165, 1.54) is 4.90 Å². The zero-order valence-electron chi connectivity index (χ0n) is 21.3. The van der Waals surface area contributed by atoms with Gasteiger partial charge in [0.25, 0.3) is 5.91 Å². The quantitative estimate of drug-likeness (QED) is 0.351. The van der Waals surface area contributed by atoms with Crippen molar-refractivity contribution in [3.63, 3.8) is 0 Å². The summed E-state index contributed by atoms with van der Waals surface area (Å²) in [6.07, 6.45) is 2.03. The number of ether oxygens (including phenoxy) is 2. The zero-order chi connectivity index (χ0) is 26.9. The number of benzene rings is 2. The van der Waals surface area contributed by atoms with Crippen LogP contribution in [0.25, 0.3) is 11.0 Å². The Labute approximate surface area is 219 Å².